The summed E-state index contributed by atoms with van der Waals surface area (Å²) in [5.74, 6) is -0.113. The summed E-state index contributed by atoms with van der Waals surface area (Å²) in [4.78, 5) is 4.00. The molecule has 82 valence electrons. The van der Waals surface area contributed by atoms with Crippen molar-refractivity contribution in [3.05, 3.63) is 47.4 Å². The molecular weight excluding hydrogens is 229 g/mol. The minimum Gasteiger partial charge on any atom is -0.396 e. The third-order valence-electron chi connectivity index (χ3n) is 2.04. The van der Waals surface area contributed by atoms with Crippen LogP contribution in [0.1, 0.15) is 0 Å². The maximum Gasteiger partial charge on any atom is 0.165 e. The van der Waals surface area contributed by atoms with Gasteiger partial charge in [-0.2, -0.15) is 0 Å². The van der Waals surface area contributed by atoms with Gasteiger partial charge < -0.3 is 11.1 Å². The minimum absolute atomic E-state index is 0.0551. The fraction of sp³-hybridized carbons (Fsp3) is 0. The van der Waals surface area contributed by atoms with Crippen LogP contribution in [0.25, 0.3) is 0 Å². The first-order valence-corrected chi connectivity index (χ1v) is 4.98. The molecule has 3 N–H and O–H groups in total. The fourth-order valence-corrected chi connectivity index (χ4v) is 1.42. The molecule has 5 heteroatoms. The summed E-state index contributed by atoms with van der Waals surface area (Å²) in [5, 5.41) is 2.84. The summed E-state index contributed by atoms with van der Waals surface area (Å²) in [6.07, 6.45) is 1.57. The summed E-state index contributed by atoms with van der Waals surface area (Å²) in [6, 6.07) is 8.07. The third kappa shape index (κ3) is 2.06. The predicted molar refractivity (Wildman–Crippen MR) is 63.3 cm³/mol. The molecule has 16 heavy (non-hydrogen) atoms. The number of nitrogen functional groups attached to an aromatic ring is 1. The highest BCUT2D eigenvalue weighted by Crippen LogP contribution is 2.26. The molecule has 1 heterocycles. The van der Waals surface area contributed by atoms with E-state index in [2.05, 4.69) is 10.3 Å². The van der Waals surface area contributed by atoms with E-state index in [-0.39, 0.29) is 10.7 Å². The zero-order valence-corrected chi connectivity index (χ0v) is 9.00. The number of benzene rings is 1. The second kappa shape index (κ2) is 4.37. The highest BCUT2D eigenvalue weighted by molar-refractivity contribution is 6.31. The Morgan fingerprint density at radius 1 is 1.25 bits per heavy atom. The van der Waals surface area contributed by atoms with E-state index < -0.39 is 5.82 Å². The lowest BCUT2D eigenvalue weighted by molar-refractivity contribution is 0.632. The second-order valence-corrected chi connectivity index (χ2v) is 3.57. The average Bonchev–Trinajstić information content (AvgIpc) is 2.28. The highest BCUT2D eigenvalue weighted by atomic mass is 35.5. The van der Waals surface area contributed by atoms with E-state index in [4.69, 9.17) is 17.3 Å². The Hall–Kier alpha value is -1.81. The normalized spacial score (nSPS) is 10.1. The van der Waals surface area contributed by atoms with Crippen molar-refractivity contribution in [1.29, 1.82) is 0 Å². The molecule has 0 atom stereocenters. The number of halogens is 2. The van der Waals surface area contributed by atoms with Gasteiger partial charge in [-0.05, 0) is 24.3 Å². The lowest BCUT2D eigenvalue weighted by atomic mass is 10.3. The molecule has 0 aliphatic heterocycles. The maximum absolute atomic E-state index is 13.6. The number of rotatable bonds is 2. The van der Waals surface area contributed by atoms with Crippen molar-refractivity contribution in [2.24, 2.45) is 0 Å². The smallest absolute Gasteiger partial charge is 0.165 e. The Kier molecular flexibility index (Phi) is 2.92. The van der Waals surface area contributed by atoms with E-state index in [1.165, 1.54) is 6.07 Å². The van der Waals surface area contributed by atoms with Crippen molar-refractivity contribution in [3.63, 3.8) is 0 Å². The lowest BCUT2D eigenvalue weighted by Crippen LogP contribution is -2.00. The van der Waals surface area contributed by atoms with Crippen LogP contribution in [-0.2, 0) is 0 Å². The molecule has 1 aromatic carbocycles. The SMILES string of the molecule is Nc1cccnc1Nc1cccc(Cl)c1F. The van der Waals surface area contributed by atoms with Crippen molar-refractivity contribution < 1.29 is 4.39 Å². The zero-order valence-electron chi connectivity index (χ0n) is 8.24. The Labute approximate surface area is 97.1 Å². The molecular formula is C11H9ClFN3. The summed E-state index contributed by atoms with van der Waals surface area (Å²) in [7, 11) is 0. The van der Waals surface area contributed by atoms with E-state index in [9.17, 15) is 4.39 Å². The monoisotopic (exact) mass is 237 g/mol. The standard InChI is InChI=1S/C11H9ClFN3/c12-7-3-1-5-9(10(7)13)16-11-8(14)4-2-6-15-11/h1-6H,14H2,(H,15,16). The molecule has 2 aromatic rings. The quantitative estimate of drug-likeness (QED) is 0.843. The van der Waals surface area contributed by atoms with Crippen molar-refractivity contribution in [2.45, 2.75) is 0 Å². The maximum atomic E-state index is 13.6. The molecule has 0 aliphatic rings. The summed E-state index contributed by atoms with van der Waals surface area (Å²) in [6.45, 7) is 0. The predicted octanol–water partition coefficient (Wildman–Crippen LogP) is 3.20. The number of nitrogens with zero attached hydrogens (tertiary/aromatic N) is 1. The highest BCUT2D eigenvalue weighted by Gasteiger charge is 2.07. The molecule has 3 nitrogen and oxygen atoms in total. The number of nitrogens with two attached hydrogens (primary N) is 1. The van der Waals surface area contributed by atoms with Gasteiger partial charge in [0.1, 0.15) is 0 Å². The number of nitrogens with one attached hydrogen (secondary N) is 1. The van der Waals surface area contributed by atoms with Crippen LogP contribution >= 0.6 is 11.6 Å². The molecule has 0 spiro atoms. The Bertz CT molecular complexity index is 516. The Morgan fingerprint density at radius 3 is 2.81 bits per heavy atom. The summed E-state index contributed by atoms with van der Waals surface area (Å²) >= 11 is 5.65. The van der Waals surface area contributed by atoms with Gasteiger partial charge in [0.2, 0.25) is 0 Å². The van der Waals surface area contributed by atoms with Crippen molar-refractivity contribution >= 4 is 28.8 Å². The molecule has 0 saturated carbocycles. The van der Waals surface area contributed by atoms with Crippen LogP contribution in [0.3, 0.4) is 0 Å². The van der Waals surface area contributed by atoms with Crippen LogP contribution in [0.4, 0.5) is 21.6 Å². The van der Waals surface area contributed by atoms with E-state index in [1.807, 2.05) is 0 Å². The van der Waals surface area contributed by atoms with E-state index >= 15 is 0 Å². The molecule has 0 bridgehead atoms. The largest absolute Gasteiger partial charge is 0.396 e. The number of pyridine rings is 1. The average molecular weight is 238 g/mol. The Morgan fingerprint density at radius 2 is 2.06 bits per heavy atom. The minimum atomic E-state index is -0.519. The molecule has 0 fully saturated rings. The number of hydrogen-bond acceptors (Lipinski definition) is 3. The van der Waals surface area contributed by atoms with Crippen molar-refractivity contribution in [3.8, 4) is 0 Å². The molecule has 0 amide bonds. The van der Waals surface area contributed by atoms with E-state index in [0.29, 0.717) is 11.5 Å². The first kappa shape index (κ1) is 10.7. The lowest BCUT2D eigenvalue weighted by Gasteiger charge is -2.09. The molecule has 0 aliphatic carbocycles. The van der Waals surface area contributed by atoms with Gasteiger partial charge in [0.25, 0.3) is 0 Å². The Balaban J connectivity index is 2.35. The van der Waals surface area contributed by atoms with Crippen LogP contribution in [0, 0.1) is 5.82 Å². The van der Waals surface area contributed by atoms with E-state index in [0.717, 1.165) is 0 Å². The van der Waals surface area contributed by atoms with Crippen LogP contribution in [-0.4, -0.2) is 4.98 Å². The zero-order chi connectivity index (χ0) is 11.5. The van der Waals surface area contributed by atoms with Gasteiger partial charge in [0, 0.05) is 6.20 Å². The van der Waals surface area contributed by atoms with Gasteiger partial charge >= 0.3 is 0 Å². The first-order valence-electron chi connectivity index (χ1n) is 4.60. The second-order valence-electron chi connectivity index (χ2n) is 3.17. The molecule has 0 saturated heterocycles. The van der Waals surface area contributed by atoms with Crippen LogP contribution in [0.5, 0.6) is 0 Å². The van der Waals surface area contributed by atoms with E-state index in [1.54, 1.807) is 30.5 Å². The van der Waals surface area contributed by atoms with Gasteiger partial charge in [0.05, 0.1) is 16.4 Å². The van der Waals surface area contributed by atoms with Gasteiger partial charge in [0.15, 0.2) is 11.6 Å². The molecule has 2 rings (SSSR count). The van der Waals surface area contributed by atoms with Crippen molar-refractivity contribution in [1.82, 2.24) is 4.98 Å². The van der Waals surface area contributed by atoms with Gasteiger partial charge in [-0.1, -0.05) is 17.7 Å². The van der Waals surface area contributed by atoms with Crippen LogP contribution in [0.2, 0.25) is 5.02 Å². The summed E-state index contributed by atoms with van der Waals surface area (Å²) < 4.78 is 13.6. The number of aromatic nitrogens is 1. The van der Waals surface area contributed by atoms with Crippen LogP contribution in [0.15, 0.2) is 36.5 Å². The summed E-state index contributed by atoms with van der Waals surface area (Å²) in [5.41, 5.74) is 6.37. The fourth-order valence-electron chi connectivity index (χ4n) is 1.25. The number of hydrogen-bond donors (Lipinski definition) is 2. The topological polar surface area (TPSA) is 50.9 Å². The molecule has 0 radical (unpaired) electrons. The number of anilines is 3. The van der Waals surface area contributed by atoms with Gasteiger partial charge in [-0.25, -0.2) is 9.37 Å². The van der Waals surface area contributed by atoms with Gasteiger partial charge in [-0.15, -0.1) is 0 Å². The third-order valence-corrected chi connectivity index (χ3v) is 2.34. The molecule has 0 unspecified atom stereocenters. The van der Waals surface area contributed by atoms with Crippen LogP contribution < -0.4 is 11.1 Å². The van der Waals surface area contributed by atoms with Gasteiger partial charge in [-0.3, -0.25) is 0 Å². The van der Waals surface area contributed by atoms with Crippen molar-refractivity contribution in [2.75, 3.05) is 11.1 Å². The first-order chi connectivity index (χ1) is 7.68. The molecule has 1 aromatic heterocycles.